The maximum atomic E-state index is 12.7. The molecule has 0 radical (unpaired) electrons. The molecule has 0 fully saturated rings. The molecule has 32 heavy (non-hydrogen) atoms. The van der Waals surface area contributed by atoms with Gasteiger partial charge in [-0.1, -0.05) is 42.5 Å². The highest BCUT2D eigenvalue weighted by atomic mass is 32.2. The standard InChI is InChI=1S/C26H22N2O3S/c1-31-22-12-14-23(15-13-22)32-28-24-17-21(11-16-25(24)29)27-26(30)20-9-7-19(8-10-20)18-5-3-2-4-6-18/h2-17,28-29H,1H3,(H,27,30). The number of anilines is 2. The van der Waals surface area contributed by atoms with Crippen molar-refractivity contribution in [3.05, 3.63) is 103 Å². The summed E-state index contributed by atoms with van der Waals surface area (Å²) in [5, 5.41) is 13.1. The molecule has 0 aliphatic carbocycles. The van der Waals surface area contributed by atoms with E-state index >= 15 is 0 Å². The molecule has 0 bridgehead atoms. The fourth-order valence-corrected chi connectivity index (χ4v) is 3.76. The molecule has 0 aliphatic heterocycles. The van der Waals surface area contributed by atoms with E-state index in [0.29, 0.717) is 16.9 Å². The van der Waals surface area contributed by atoms with Crippen molar-refractivity contribution >= 4 is 29.2 Å². The zero-order valence-corrected chi connectivity index (χ0v) is 18.2. The smallest absolute Gasteiger partial charge is 0.255 e. The van der Waals surface area contributed by atoms with Gasteiger partial charge in [0.1, 0.15) is 11.5 Å². The van der Waals surface area contributed by atoms with Gasteiger partial charge in [-0.3, -0.25) is 4.79 Å². The third-order valence-electron chi connectivity index (χ3n) is 4.85. The Balaban J connectivity index is 1.42. The number of hydrogen-bond acceptors (Lipinski definition) is 5. The molecule has 0 saturated heterocycles. The lowest BCUT2D eigenvalue weighted by Gasteiger charge is -2.11. The van der Waals surface area contributed by atoms with Crippen LogP contribution in [0.2, 0.25) is 0 Å². The van der Waals surface area contributed by atoms with Crippen LogP contribution in [-0.4, -0.2) is 18.1 Å². The zero-order valence-electron chi connectivity index (χ0n) is 17.4. The van der Waals surface area contributed by atoms with Crippen molar-refractivity contribution in [2.75, 3.05) is 17.1 Å². The number of nitrogens with one attached hydrogen (secondary N) is 2. The third-order valence-corrected chi connectivity index (χ3v) is 5.68. The summed E-state index contributed by atoms with van der Waals surface area (Å²) in [5.74, 6) is 0.652. The van der Waals surface area contributed by atoms with Crippen LogP contribution in [0.15, 0.2) is 102 Å². The van der Waals surface area contributed by atoms with Crippen molar-refractivity contribution in [3.63, 3.8) is 0 Å². The zero-order chi connectivity index (χ0) is 22.3. The summed E-state index contributed by atoms with van der Waals surface area (Å²) in [6.07, 6.45) is 0. The highest BCUT2D eigenvalue weighted by Crippen LogP contribution is 2.32. The van der Waals surface area contributed by atoms with Crippen molar-refractivity contribution in [1.29, 1.82) is 0 Å². The third kappa shape index (κ3) is 5.22. The molecular weight excluding hydrogens is 420 g/mol. The van der Waals surface area contributed by atoms with Crippen LogP contribution in [-0.2, 0) is 0 Å². The molecule has 0 unspecified atom stereocenters. The Bertz CT molecular complexity index is 1190. The minimum Gasteiger partial charge on any atom is -0.506 e. The average Bonchev–Trinajstić information content (AvgIpc) is 2.85. The summed E-state index contributed by atoms with van der Waals surface area (Å²) in [5.41, 5.74) is 3.79. The van der Waals surface area contributed by atoms with Gasteiger partial charge in [0, 0.05) is 16.1 Å². The topological polar surface area (TPSA) is 70.6 Å². The Labute approximate surface area is 191 Å². The first-order chi connectivity index (χ1) is 15.6. The number of phenols is 1. The minimum absolute atomic E-state index is 0.0937. The Morgan fingerprint density at radius 2 is 1.53 bits per heavy atom. The van der Waals surface area contributed by atoms with Gasteiger partial charge in [0.2, 0.25) is 0 Å². The summed E-state index contributed by atoms with van der Waals surface area (Å²) >= 11 is 1.35. The Hall–Kier alpha value is -3.90. The van der Waals surface area contributed by atoms with Crippen LogP contribution >= 0.6 is 11.9 Å². The van der Waals surface area contributed by atoms with E-state index in [1.807, 2.05) is 66.7 Å². The quantitative estimate of drug-likeness (QED) is 0.175. The van der Waals surface area contributed by atoms with Gasteiger partial charge in [-0.25, -0.2) is 0 Å². The summed E-state index contributed by atoms with van der Waals surface area (Å²) in [6, 6.07) is 29.9. The SMILES string of the molecule is COc1ccc(SNc2cc(NC(=O)c3ccc(-c4ccccc4)cc3)ccc2O)cc1. The fourth-order valence-electron chi connectivity index (χ4n) is 3.10. The Morgan fingerprint density at radius 1 is 0.844 bits per heavy atom. The second-order valence-electron chi connectivity index (χ2n) is 7.01. The monoisotopic (exact) mass is 442 g/mol. The van der Waals surface area contributed by atoms with E-state index in [1.54, 1.807) is 37.4 Å². The number of carbonyl (C=O) groups excluding carboxylic acids is 1. The van der Waals surface area contributed by atoms with E-state index in [4.69, 9.17) is 4.74 Å². The van der Waals surface area contributed by atoms with Gasteiger partial charge in [0.05, 0.1) is 12.8 Å². The molecule has 5 nitrogen and oxygen atoms in total. The van der Waals surface area contributed by atoms with E-state index in [-0.39, 0.29) is 11.7 Å². The first kappa shape index (κ1) is 21.3. The molecule has 4 rings (SSSR count). The molecule has 160 valence electrons. The molecule has 6 heteroatoms. The largest absolute Gasteiger partial charge is 0.506 e. The number of carbonyl (C=O) groups is 1. The maximum Gasteiger partial charge on any atom is 0.255 e. The highest BCUT2D eigenvalue weighted by Gasteiger charge is 2.09. The summed E-state index contributed by atoms with van der Waals surface area (Å²) in [6.45, 7) is 0. The van der Waals surface area contributed by atoms with E-state index < -0.39 is 0 Å². The maximum absolute atomic E-state index is 12.7. The van der Waals surface area contributed by atoms with Crippen molar-refractivity contribution in [3.8, 4) is 22.6 Å². The first-order valence-electron chi connectivity index (χ1n) is 9.99. The van der Waals surface area contributed by atoms with Crippen LogP contribution in [0, 0.1) is 0 Å². The van der Waals surface area contributed by atoms with E-state index in [1.165, 1.54) is 11.9 Å². The molecule has 0 aliphatic rings. The molecule has 1 amide bonds. The number of aromatic hydroxyl groups is 1. The van der Waals surface area contributed by atoms with Gasteiger partial charge >= 0.3 is 0 Å². The molecule has 4 aromatic carbocycles. The van der Waals surface area contributed by atoms with Gasteiger partial charge in [-0.05, 0) is 77.7 Å². The predicted molar refractivity (Wildman–Crippen MR) is 130 cm³/mol. The van der Waals surface area contributed by atoms with Gasteiger partial charge in [0.25, 0.3) is 5.91 Å². The molecule has 3 N–H and O–H groups in total. The molecule has 0 spiro atoms. The second-order valence-corrected chi connectivity index (χ2v) is 7.89. The van der Waals surface area contributed by atoms with Gasteiger partial charge in [-0.2, -0.15) is 0 Å². The number of hydrogen-bond donors (Lipinski definition) is 3. The van der Waals surface area contributed by atoms with E-state index in [0.717, 1.165) is 21.8 Å². The fraction of sp³-hybridized carbons (Fsp3) is 0.0385. The van der Waals surface area contributed by atoms with Gasteiger partial charge in [-0.15, -0.1) is 0 Å². The number of benzene rings is 4. The lowest BCUT2D eigenvalue weighted by molar-refractivity contribution is 0.102. The van der Waals surface area contributed by atoms with Crippen molar-refractivity contribution < 1.29 is 14.6 Å². The number of methoxy groups -OCH3 is 1. The van der Waals surface area contributed by atoms with Gasteiger partial charge in [0.15, 0.2) is 0 Å². The molecule has 0 saturated carbocycles. The normalized spacial score (nSPS) is 10.4. The molecule has 0 heterocycles. The lowest BCUT2D eigenvalue weighted by atomic mass is 10.0. The summed E-state index contributed by atoms with van der Waals surface area (Å²) < 4.78 is 8.28. The summed E-state index contributed by atoms with van der Waals surface area (Å²) in [7, 11) is 1.62. The number of rotatable bonds is 7. The second kappa shape index (κ2) is 9.94. The van der Waals surface area contributed by atoms with Crippen LogP contribution in [0.25, 0.3) is 11.1 Å². The number of phenolic OH excluding ortho intramolecular Hbond substituents is 1. The molecule has 0 atom stereocenters. The Morgan fingerprint density at radius 3 is 2.22 bits per heavy atom. The molecular formula is C26H22N2O3S. The lowest BCUT2D eigenvalue weighted by Crippen LogP contribution is -2.11. The van der Waals surface area contributed by atoms with Crippen LogP contribution < -0.4 is 14.8 Å². The van der Waals surface area contributed by atoms with Crippen molar-refractivity contribution in [1.82, 2.24) is 0 Å². The molecule has 4 aromatic rings. The summed E-state index contributed by atoms with van der Waals surface area (Å²) in [4.78, 5) is 13.6. The van der Waals surface area contributed by atoms with Crippen molar-refractivity contribution in [2.45, 2.75) is 4.90 Å². The van der Waals surface area contributed by atoms with Crippen LogP contribution in [0.5, 0.6) is 11.5 Å². The van der Waals surface area contributed by atoms with Crippen LogP contribution in [0.1, 0.15) is 10.4 Å². The Kier molecular flexibility index (Phi) is 6.63. The number of ether oxygens (including phenoxy) is 1. The molecule has 0 aromatic heterocycles. The van der Waals surface area contributed by atoms with E-state index in [2.05, 4.69) is 10.0 Å². The van der Waals surface area contributed by atoms with Crippen molar-refractivity contribution in [2.24, 2.45) is 0 Å². The average molecular weight is 443 g/mol. The van der Waals surface area contributed by atoms with Crippen LogP contribution in [0.4, 0.5) is 11.4 Å². The highest BCUT2D eigenvalue weighted by molar-refractivity contribution is 8.00. The first-order valence-corrected chi connectivity index (χ1v) is 10.8. The number of amides is 1. The predicted octanol–water partition coefficient (Wildman–Crippen LogP) is 6.44. The van der Waals surface area contributed by atoms with E-state index in [9.17, 15) is 9.90 Å². The van der Waals surface area contributed by atoms with Gasteiger partial charge < -0.3 is 19.9 Å². The minimum atomic E-state index is -0.218. The van der Waals surface area contributed by atoms with Crippen LogP contribution in [0.3, 0.4) is 0 Å².